The second-order valence-electron chi connectivity index (χ2n) is 5.36. The number of nitrogens with zero attached hydrogens (tertiary/aromatic N) is 1. The molecule has 1 saturated heterocycles. The number of hydrogen-bond acceptors (Lipinski definition) is 3. The molecule has 1 rings (SSSR count). The van der Waals surface area contributed by atoms with E-state index in [1.54, 1.807) is 0 Å². The van der Waals surface area contributed by atoms with Gasteiger partial charge >= 0.3 is 0 Å². The summed E-state index contributed by atoms with van der Waals surface area (Å²) in [5, 5.41) is 8.67. The summed E-state index contributed by atoms with van der Waals surface area (Å²) in [6.45, 7) is 4.33. The van der Waals surface area contributed by atoms with Crippen molar-refractivity contribution < 1.29 is 5.11 Å². The van der Waals surface area contributed by atoms with Crippen LogP contribution < -0.4 is 0 Å². The molecule has 0 aromatic carbocycles. The quantitative estimate of drug-likeness (QED) is 0.583. The highest BCUT2D eigenvalue weighted by Crippen LogP contribution is 2.12. The summed E-state index contributed by atoms with van der Waals surface area (Å²) in [6.07, 6.45) is 11.9. The lowest BCUT2D eigenvalue weighted by Crippen LogP contribution is -2.33. The summed E-state index contributed by atoms with van der Waals surface area (Å²) in [7, 11) is 0. The Hall–Kier alpha value is 0.270. The van der Waals surface area contributed by atoms with E-state index in [-0.39, 0.29) is 0 Å². The van der Waals surface area contributed by atoms with Gasteiger partial charge in [0.25, 0.3) is 0 Å². The zero-order valence-corrected chi connectivity index (χ0v) is 12.7. The van der Waals surface area contributed by atoms with Crippen molar-refractivity contribution in [2.45, 2.75) is 57.8 Å². The topological polar surface area (TPSA) is 23.5 Å². The highest BCUT2D eigenvalue weighted by atomic mass is 32.2. The fraction of sp³-hybridized carbons (Fsp3) is 1.00. The van der Waals surface area contributed by atoms with Crippen LogP contribution >= 0.6 is 11.8 Å². The fourth-order valence-electron chi connectivity index (χ4n) is 2.51. The molecule has 0 unspecified atom stereocenters. The molecule has 0 bridgehead atoms. The zero-order valence-electron chi connectivity index (χ0n) is 11.9. The van der Waals surface area contributed by atoms with Crippen molar-refractivity contribution in [2.24, 2.45) is 0 Å². The van der Waals surface area contributed by atoms with Gasteiger partial charge in [-0.2, -0.15) is 11.8 Å². The molecule has 0 aromatic heterocycles. The van der Waals surface area contributed by atoms with Crippen LogP contribution in [0.3, 0.4) is 0 Å². The summed E-state index contributed by atoms with van der Waals surface area (Å²) in [5.74, 6) is 2.68. The van der Waals surface area contributed by atoms with Gasteiger partial charge in [0.1, 0.15) is 0 Å². The van der Waals surface area contributed by atoms with E-state index in [0.717, 1.165) is 6.42 Å². The molecule has 0 radical (unpaired) electrons. The van der Waals surface area contributed by atoms with Crippen LogP contribution in [0.5, 0.6) is 0 Å². The predicted molar refractivity (Wildman–Crippen MR) is 82.4 cm³/mol. The Balaban J connectivity index is 1.73. The second kappa shape index (κ2) is 12.3. The first-order chi connectivity index (χ1) is 8.93. The first-order valence-electron chi connectivity index (χ1n) is 7.84. The number of hydrogen-bond donors (Lipinski definition) is 1. The first kappa shape index (κ1) is 16.3. The lowest BCUT2D eigenvalue weighted by atomic mass is 10.1. The Morgan fingerprint density at radius 2 is 1.22 bits per heavy atom. The molecule has 2 nitrogen and oxygen atoms in total. The van der Waals surface area contributed by atoms with Crippen LogP contribution in [0.4, 0.5) is 0 Å². The third kappa shape index (κ3) is 9.23. The van der Waals surface area contributed by atoms with Crippen molar-refractivity contribution in [1.82, 2.24) is 4.90 Å². The molecule has 108 valence electrons. The molecule has 1 aliphatic rings. The van der Waals surface area contributed by atoms with E-state index in [1.165, 1.54) is 82.5 Å². The molecular formula is C15H31NOS. The molecule has 18 heavy (non-hydrogen) atoms. The fourth-order valence-corrected chi connectivity index (χ4v) is 3.49. The van der Waals surface area contributed by atoms with Crippen LogP contribution in [0, 0.1) is 0 Å². The zero-order chi connectivity index (χ0) is 12.9. The molecule has 3 heteroatoms. The third-order valence-electron chi connectivity index (χ3n) is 3.74. The van der Waals surface area contributed by atoms with Crippen molar-refractivity contribution in [3.05, 3.63) is 0 Å². The molecule has 1 heterocycles. The van der Waals surface area contributed by atoms with Crippen LogP contribution in [0.2, 0.25) is 0 Å². The van der Waals surface area contributed by atoms with E-state index >= 15 is 0 Å². The van der Waals surface area contributed by atoms with E-state index in [4.69, 9.17) is 5.11 Å². The minimum atomic E-state index is 0.370. The van der Waals surface area contributed by atoms with Gasteiger partial charge in [-0.05, 0) is 19.4 Å². The molecule has 0 aliphatic carbocycles. The molecule has 1 aliphatic heterocycles. The summed E-state index contributed by atoms with van der Waals surface area (Å²) in [5.41, 5.74) is 0. The van der Waals surface area contributed by atoms with Crippen LogP contribution in [0.25, 0.3) is 0 Å². The van der Waals surface area contributed by atoms with Crippen LogP contribution in [0.1, 0.15) is 57.8 Å². The van der Waals surface area contributed by atoms with E-state index in [2.05, 4.69) is 16.7 Å². The average Bonchev–Trinajstić information content (AvgIpc) is 2.42. The molecule has 1 fully saturated rings. The molecule has 0 spiro atoms. The molecule has 1 N–H and O–H groups in total. The second-order valence-corrected chi connectivity index (χ2v) is 6.58. The maximum Gasteiger partial charge on any atom is 0.0431 e. The minimum Gasteiger partial charge on any atom is -0.396 e. The SMILES string of the molecule is OCCCCCCCCCCCN1CCSCC1. The van der Waals surface area contributed by atoms with Gasteiger partial charge in [0, 0.05) is 31.2 Å². The average molecular weight is 273 g/mol. The highest BCUT2D eigenvalue weighted by Gasteiger charge is 2.08. The summed E-state index contributed by atoms with van der Waals surface area (Å²) < 4.78 is 0. The van der Waals surface area contributed by atoms with Gasteiger partial charge in [0.2, 0.25) is 0 Å². The van der Waals surface area contributed by atoms with Gasteiger partial charge in [-0.25, -0.2) is 0 Å². The standard InChI is InChI=1S/C15H31NOS/c17-13-9-7-5-3-1-2-4-6-8-10-16-11-14-18-15-12-16/h17H,1-15H2. The number of thioether (sulfide) groups is 1. The van der Waals surface area contributed by atoms with E-state index in [9.17, 15) is 0 Å². The van der Waals surface area contributed by atoms with Gasteiger partial charge in [-0.1, -0.05) is 44.9 Å². The van der Waals surface area contributed by atoms with Gasteiger partial charge < -0.3 is 10.0 Å². The number of unbranched alkanes of at least 4 members (excludes halogenated alkanes) is 8. The van der Waals surface area contributed by atoms with Gasteiger partial charge in [0.05, 0.1) is 0 Å². The van der Waals surface area contributed by atoms with E-state index in [1.807, 2.05) is 0 Å². The van der Waals surface area contributed by atoms with Gasteiger partial charge in [-0.3, -0.25) is 0 Å². The van der Waals surface area contributed by atoms with E-state index in [0.29, 0.717) is 6.61 Å². The smallest absolute Gasteiger partial charge is 0.0431 e. The Kier molecular flexibility index (Phi) is 11.2. The molecule has 0 amide bonds. The Morgan fingerprint density at radius 3 is 1.78 bits per heavy atom. The summed E-state index contributed by atoms with van der Waals surface area (Å²) >= 11 is 2.10. The number of aliphatic hydroxyl groups excluding tert-OH is 1. The molecule has 0 saturated carbocycles. The third-order valence-corrected chi connectivity index (χ3v) is 4.68. The largest absolute Gasteiger partial charge is 0.396 e. The summed E-state index contributed by atoms with van der Waals surface area (Å²) in [6, 6.07) is 0. The molecule has 0 atom stereocenters. The van der Waals surface area contributed by atoms with Gasteiger partial charge in [-0.15, -0.1) is 0 Å². The lowest BCUT2D eigenvalue weighted by molar-refractivity contribution is 0.282. The van der Waals surface area contributed by atoms with Gasteiger partial charge in [0.15, 0.2) is 0 Å². The Labute approximate surface area is 118 Å². The van der Waals surface area contributed by atoms with Crippen molar-refractivity contribution >= 4 is 11.8 Å². The maximum atomic E-state index is 8.67. The van der Waals surface area contributed by atoms with Crippen molar-refractivity contribution in [1.29, 1.82) is 0 Å². The first-order valence-corrected chi connectivity index (χ1v) is 9.00. The van der Waals surface area contributed by atoms with Crippen LogP contribution in [-0.4, -0.2) is 47.8 Å². The van der Waals surface area contributed by atoms with Crippen LogP contribution in [-0.2, 0) is 0 Å². The lowest BCUT2D eigenvalue weighted by Gasteiger charge is -2.25. The van der Waals surface area contributed by atoms with Crippen LogP contribution in [0.15, 0.2) is 0 Å². The normalized spacial score (nSPS) is 17.2. The van der Waals surface area contributed by atoms with Crippen molar-refractivity contribution in [3.8, 4) is 0 Å². The molecule has 0 aromatic rings. The number of aliphatic hydroxyl groups is 1. The monoisotopic (exact) mass is 273 g/mol. The summed E-state index contributed by atoms with van der Waals surface area (Å²) in [4.78, 5) is 2.63. The number of rotatable bonds is 11. The Bertz CT molecular complexity index is 172. The Morgan fingerprint density at radius 1 is 0.722 bits per heavy atom. The maximum absolute atomic E-state index is 8.67. The molecular weight excluding hydrogens is 242 g/mol. The van der Waals surface area contributed by atoms with Crippen molar-refractivity contribution in [3.63, 3.8) is 0 Å². The minimum absolute atomic E-state index is 0.370. The predicted octanol–water partition coefficient (Wildman–Crippen LogP) is 3.54. The highest BCUT2D eigenvalue weighted by molar-refractivity contribution is 7.99. The van der Waals surface area contributed by atoms with Crippen molar-refractivity contribution in [2.75, 3.05) is 37.7 Å². The van der Waals surface area contributed by atoms with E-state index < -0.39 is 0 Å².